The maximum absolute atomic E-state index is 10.1. The van der Waals surface area contributed by atoms with Gasteiger partial charge in [0, 0.05) is 43.8 Å². The van der Waals surface area contributed by atoms with Gasteiger partial charge in [0.05, 0.1) is 11.7 Å². The summed E-state index contributed by atoms with van der Waals surface area (Å²) in [6.07, 6.45) is 1.91. The molecule has 27 heavy (non-hydrogen) atoms. The molecule has 1 N–H and O–H groups in total. The van der Waals surface area contributed by atoms with Crippen LogP contribution >= 0.6 is 0 Å². The van der Waals surface area contributed by atoms with Gasteiger partial charge in [-0.1, -0.05) is 50.2 Å². The molecule has 1 aliphatic carbocycles. The molecule has 1 saturated carbocycles. The Morgan fingerprint density at radius 1 is 1.07 bits per heavy atom. The van der Waals surface area contributed by atoms with E-state index in [1.54, 1.807) is 0 Å². The first-order valence-electron chi connectivity index (χ1n) is 10.3. The summed E-state index contributed by atoms with van der Waals surface area (Å²) in [5, 5.41) is 10.1. The molecule has 144 valence electrons. The van der Waals surface area contributed by atoms with Crippen LogP contribution in [0.2, 0.25) is 0 Å². The van der Waals surface area contributed by atoms with Crippen molar-refractivity contribution in [2.75, 3.05) is 26.2 Å². The summed E-state index contributed by atoms with van der Waals surface area (Å²) in [6.45, 7) is 8.82. The minimum atomic E-state index is 0.288. The average Bonchev–Trinajstić information content (AvgIpc) is 3.02. The summed E-state index contributed by atoms with van der Waals surface area (Å²) in [4.78, 5) is 9.89. The van der Waals surface area contributed by atoms with Crippen molar-refractivity contribution >= 4 is 0 Å². The van der Waals surface area contributed by atoms with Crippen LogP contribution in [0.5, 0.6) is 0 Å². The van der Waals surface area contributed by atoms with Crippen LogP contribution in [0, 0.1) is 17.8 Å². The van der Waals surface area contributed by atoms with Gasteiger partial charge < -0.3 is 10.0 Å². The Bertz CT molecular complexity index is 719. The second kappa shape index (κ2) is 8.09. The van der Waals surface area contributed by atoms with E-state index < -0.39 is 0 Å². The van der Waals surface area contributed by atoms with E-state index in [-0.39, 0.29) is 6.61 Å². The van der Waals surface area contributed by atoms with Gasteiger partial charge in [0.2, 0.25) is 0 Å². The van der Waals surface area contributed by atoms with Crippen LogP contribution in [-0.2, 0) is 6.54 Å². The molecule has 5 atom stereocenters. The van der Waals surface area contributed by atoms with Crippen molar-refractivity contribution in [3.8, 4) is 0 Å². The van der Waals surface area contributed by atoms with Crippen molar-refractivity contribution in [1.29, 1.82) is 0 Å². The third-order valence-corrected chi connectivity index (χ3v) is 6.74. The number of aliphatic hydroxyl groups is 1. The quantitative estimate of drug-likeness (QED) is 0.818. The highest BCUT2D eigenvalue weighted by atomic mass is 16.3. The lowest BCUT2D eigenvalue weighted by atomic mass is 9.59. The maximum Gasteiger partial charge on any atom is 0.0579 e. The molecule has 1 saturated heterocycles. The summed E-state index contributed by atoms with van der Waals surface area (Å²) < 4.78 is 0. The summed E-state index contributed by atoms with van der Waals surface area (Å²) in [6, 6.07) is 17.8. The van der Waals surface area contributed by atoms with Gasteiger partial charge in [-0.25, -0.2) is 0 Å². The Morgan fingerprint density at radius 2 is 1.81 bits per heavy atom. The van der Waals surface area contributed by atoms with Gasteiger partial charge >= 0.3 is 0 Å². The molecule has 2 aliphatic rings. The molecule has 0 bridgehead atoms. The van der Waals surface area contributed by atoms with E-state index in [2.05, 4.69) is 66.1 Å². The minimum Gasteiger partial charge on any atom is -0.396 e. The normalized spacial score (nSPS) is 30.3. The van der Waals surface area contributed by atoms with E-state index in [0.717, 1.165) is 26.2 Å². The van der Waals surface area contributed by atoms with Crippen LogP contribution in [0.15, 0.2) is 54.7 Å². The van der Waals surface area contributed by atoms with Gasteiger partial charge in [0.25, 0.3) is 0 Å². The lowest BCUT2D eigenvalue weighted by Gasteiger charge is -2.54. The van der Waals surface area contributed by atoms with Crippen molar-refractivity contribution in [2.45, 2.75) is 32.5 Å². The number of aliphatic hydroxyl groups excluding tert-OH is 1. The largest absolute Gasteiger partial charge is 0.396 e. The number of fused-ring (bicyclic) bond motifs is 1. The van der Waals surface area contributed by atoms with Crippen molar-refractivity contribution in [3.63, 3.8) is 0 Å². The average molecular weight is 366 g/mol. The smallest absolute Gasteiger partial charge is 0.0579 e. The highest BCUT2D eigenvalue weighted by Gasteiger charge is 2.60. The molecule has 0 amide bonds. The number of pyridine rings is 1. The highest BCUT2D eigenvalue weighted by molar-refractivity contribution is 5.23. The van der Waals surface area contributed by atoms with E-state index in [1.165, 1.54) is 11.3 Å². The summed E-state index contributed by atoms with van der Waals surface area (Å²) in [5.74, 6) is 1.47. The molecule has 4 rings (SSSR count). The predicted octanol–water partition coefficient (Wildman–Crippen LogP) is 3.20. The molecule has 4 nitrogen and oxygen atoms in total. The van der Waals surface area contributed by atoms with Crippen molar-refractivity contribution in [1.82, 2.24) is 14.8 Å². The molecule has 1 aliphatic heterocycles. The van der Waals surface area contributed by atoms with Crippen LogP contribution in [0.4, 0.5) is 0 Å². The molecule has 1 aromatic heterocycles. The monoisotopic (exact) mass is 365 g/mol. The van der Waals surface area contributed by atoms with Gasteiger partial charge in [-0.2, -0.15) is 0 Å². The molecule has 2 heterocycles. The number of hydrogen-bond donors (Lipinski definition) is 1. The molecular formula is C23H31N3O. The fraction of sp³-hybridized carbons (Fsp3) is 0.522. The molecular weight excluding hydrogens is 334 g/mol. The van der Waals surface area contributed by atoms with Crippen molar-refractivity contribution in [2.24, 2.45) is 17.8 Å². The van der Waals surface area contributed by atoms with Crippen molar-refractivity contribution in [3.05, 3.63) is 66.0 Å². The highest BCUT2D eigenvalue weighted by Crippen LogP contribution is 2.56. The standard InChI is InChI=1S/C23H31N3O/c1-3-25(4-2)22-19(16-27)18-15-26(14-17-10-6-5-7-11-17)23(21(18)22)20-12-8-9-13-24-20/h5-13,18-19,21-23,27H,3-4,14-16H2,1-2H3/t18-,19+,21-,22-,23-/m0/s1. The second-order valence-electron chi connectivity index (χ2n) is 7.91. The molecule has 2 aromatic rings. The second-order valence-corrected chi connectivity index (χ2v) is 7.91. The molecule has 2 fully saturated rings. The lowest BCUT2D eigenvalue weighted by molar-refractivity contribution is -0.0712. The molecule has 0 spiro atoms. The first kappa shape index (κ1) is 18.6. The van der Waals surface area contributed by atoms with Crippen LogP contribution in [0.1, 0.15) is 31.1 Å². The SMILES string of the molecule is CCN(CC)[C@H]1[C@H](CO)[C@@H]2CN(Cc3ccccc3)[C@@H](c3ccccn3)[C@@H]21. The summed E-state index contributed by atoms with van der Waals surface area (Å²) in [7, 11) is 0. The third-order valence-electron chi connectivity index (χ3n) is 6.74. The number of aromatic nitrogens is 1. The zero-order valence-corrected chi connectivity index (χ0v) is 16.4. The molecule has 4 heteroatoms. The van der Waals surface area contributed by atoms with E-state index in [0.29, 0.717) is 29.8 Å². The zero-order valence-electron chi connectivity index (χ0n) is 16.4. The maximum atomic E-state index is 10.1. The number of benzene rings is 1. The van der Waals surface area contributed by atoms with E-state index in [9.17, 15) is 5.11 Å². The summed E-state index contributed by atoms with van der Waals surface area (Å²) >= 11 is 0. The van der Waals surface area contributed by atoms with E-state index >= 15 is 0 Å². The number of hydrogen-bond acceptors (Lipinski definition) is 4. The molecule has 0 unspecified atom stereocenters. The van der Waals surface area contributed by atoms with Crippen LogP contribution in [0.3, 0.4) is 0 Å². The van der Waals surface area contributed by atoms with Gasteiger partial charge in [-0.05, 0) is 36.7 Å². The lowest BCUT2D eigenvalue weighted by Crippen LogP contribution is -2.61. The van der Waals surface area contributed by atoms with Crippen LogP contribution in [-0.4, -0.2) is 52.2 Å². The third kappa shape index (κ3) is 3.31. The van der Waals surface area contributed by atoms with Gasteiger partial charge in [0.1, 0.15) is 0 Å². The number of nitrogens with zero attached hydrogens (tertiary/aromatic N) is 3. The van der Waals surface area contributed by atoms with Crippen molar-refractivity contribution < 1.29 is 5.11 Å². The van der Waals surface area contributed by atoms with E-state index in [4.69, 9.17) is 4.98 Å². The first-order valence-corrected chi connectivity index (χ1v) is 10.3. The van der Waals surface area contributed by atoms with Gasteiger partial charge in [0.15, 0.2) is 0 Å². The number of rotatable bonds is 7. The van der Waals surface area contributed by atoms with Gasteiger partial charge in [-0.3, -0.25) is 9.88 Å². The fourth-order valence-corrected chi connectivity index (χ4v) is 5.56. The first-order chi connectivity index (χ1) is 13.3. The number of likely N-dealkylation sites (tertiary alicyclic amines) is 1. The zero-order chi connectivity index (χ0) is 18.8. The Hall–Kier alpha value is -1.75. The Kier molecular flexibility index (Phi) is 5.58. The molecule has 1 aromatic carbocycles. The van der Waals surface area contributed by atoms with Crippen LogP contribution < -0.4 is 0 Å². The Balaban J connectivity index is 1.67. The predicted molar refractivity (Wildman–Crippen MR) is 108 cm³/mol. The Morgan fingerprint density at radius 3 is 2.44 bits per heavy atom. The summed E-state index contributed by atoms with van der Waals surface area (Å²) in [5.41, 5.74) is 2.52. The minimum absolute atomic E-state index is 0.288. The fourth-order valence-electron chi connectivity index (χ4n) is 5.56. The Labute approximate surface area is 162 Å². The van der Waals surface area contributed by atoms with Gasteiger partial charge in [-0.15, -0.1) is 0 Å². The topological polar surface area (TPSA) is 39.6 Å². The van der Waals surface area contributed by atoms with E-state index in [1.807, 2.05) is 12.3 Å². The molecule has 0 radical (unpaired) electrons. The van der Waals surface area contributed by atoms with Crippen LogP contribution in [0.25, 0.3) is 0 Å².